The van der Waals surface area contributed by atoms with Crippen LogP contribution in [0, 0.1) is 6.92 Å². The van der Waals surface area contributed by atoms with Crippen molar-refractivity contribution in [1.82, 2.24) is 9.80 Å². The van der Waals surface area contributed by atoms with Gasteiger partial charge in [-0.1, -0.05) is 36.4 Å². The molecule has 31 heavy (non-hydrogen) atoms. The number of allylic oxidation sites excluding steroid dienone is 1. The molecule has 7 heteroatoms. The summed E-state index contributed by atoms with van der Waals surface area (Å²) in [4.78, 5) is 29.7. The second-order valence-corrected chi connectivity index (χ2v) is 7.67. The molecule has 2 aromatic rings. The number of carbonyl (C=O) groups excluding carboxylic acids is 2. The van der Waals surface area contributed by atoms with E-state index in [9.17, 15) is 14.7 Å². The van der Waals surface area contributed by atoms with E-state index in [-0.39, 0.29) is 5.57 Å². The van der Waals surface area contributed by atoms with Gasteiger partial charge in [-0.05, 0) is 30.7 Å². The molecule has 0 bridgehead atoms. The zero-order valence-electron chi connectivity index (χ0n) is 17.5. The Morgan fingerprint density at radius 3 is 2.55 bits per heavy atom. The standard InChI is InChI=1S/C24H26N2O5/c1-17-7-10-20(31-17)22-21(19(27)9-8-18-5-3-2-4-6-18)23(28)24(29)26(22)12-11-25-13-15-30-16-14-25/h2-10,22,28H,11-16H2,1H3/b9-8+. The topological polar surface area (TPSA) is 83.2 Å². The average molecular weight is 422 g/mol. The molecule has 0 radical (unpaired) electrons. The van der Waals surface area contributed by atoms with Gasteiger partial charge in [0.25, 0.3) is 5.91 Å². The maximum Gasteiger partial charge on any atom is 0.290 e. The van der Waals surface area contributed by atoms with Crippen molar-refractivity contribution in [1.29, 1.82) is 0 Å². The summed E-state index contributed by atoms with van der Waals surface area (Å²) >= 11 is 0. The molecule has 1 atom stereocenters. The lowest BCUT2D eigenvalue weighted by atomic mass is 10.00. The van der Waals surface area contributed by atoms with E-state index in [0.29, 0.717) is 37.8 Å². The van der Waals surface area contributed by atoms with Crippen molar-refractivity contribution < 1.29 is 23.8 Å². The van der Waals surface area contributed by atoms with Crippen molar-refractivity contribution in [3.05, 3.63) is 77.0 Å². The van der Waals surface area contributed by atoms with E-state index in [4.69, 9.17) is 9.15 Å². The van der Waals surface area contributed by atoms with Gasteiger partial charge in [-0.2, -0.15) is 0 Å². The first-order valence-corrected chi connectivity index (χ1v) is 10.4. The first-order chi connectivity index (χ1) is 15.0. The SMILES string of the molecule is Cc1ccc(C2C(C(=O)/C=C/c3ccccc3)=C(O)C(=O)N2CCN2CCOCC2)o1. The third-order valence-corrected chi connectivity index (χ3v) is 5.59. The molecule has 162 valence electrons. The maximum atomic E-state index is 13.1. The molecule has 7 nitrogen and oxygen atoms in total. The highest BCUT2D eigenvalue weighted by Gasteiger charge is 2.44. The van der Waals surface area contributed by atoms with Crippen LogP contribution in [-0.4, -0.2) is 66.0 Å². The van der Waals surface area contributed by atoms with Gasteiger partial charge in [0.2, 0.25) is 0 Å². The highest BCUT2D eigenvalue weighted by Crippen LogP contribution is 2.38. The van der Waals surface area contributed by atoms with Crippen LogP contribution < -0.4 is 0 Å². The Kier molecular flexibility index (Phi) is 6.34. The van der Waals surface area contributed by atoms with Gasteiger partial charge in [-0.3, -0.25) is 14.5 Å². The number of amides is 1. The van der Waals surface area contributed by atoms with E-state index < -0.39 is 23.5 Å². The Balaban J connectivity index is 1.59. The second-order valence-electron chi connectivity index (χ2n) is 7.67. The summed E-state index contributed by atoms with van der Waals surface area (Å²) in [6.45, 7) is 5.69. The van der Waals surface area contributed by atoms with Crippen molar-refractivity contribution >= 4 is 17.8 Å². The van der Waals surface area contributed by atoms with E-state index in [2.05, 4.69) is 4.90 Å². The highest BCUT2D eigenvalue weighted by atomic mass is 16.5. The number of ether oxygens (including phenoxy) is 1. The summed E-state index contributed by atoms with van der Waals surface area (Å²) in [5.74, 6) is -0.336. The van der Waals surface area contributed by atoms with Gasteiger partial charge in [0.05, 0.1) is 18.8 Å². The normalized spacial score (nSPS) is 20.2. The Labute approximate surface area is 181 Å². The number of rotatable bonds is 7. The molecular formula is C24H26N2O5. The predicted octanol–water partition coefficient (Wildman–Crippen LogP) is 2.90. The van der Waals surface area contributed by atoms with Gasteiger partial charge < -0.3 is 19.2 Å². The Morgan fingerprint density at radius 2 is 1.87 bits per heavy atom. The molecule has 1 fully saturated rings. The van der Waals surface area contributed by atoms with Gasteiger partial charge in [0.1, 0.15) is 17.6 Å². The fourth-order valence-corrected chi connectivity index (χ4v) is 3.93. The first kappa shape index (κ1) is 21.1. The van der Waals surface area contributed by atoms with Gasteiger partial charge in [0.15, 0.2) is 11.5 Å². The Bertz CT molecular complexity index is 1000. The Morgan fingerprint density at radius 1 is 1.13 bits per heavy atom. The lowest BCUT2D eigenvalue weighted by molar-refractivity contribution is -0.130. The largest absolute Gasteiger partial charge is 0.503 e. The van der Waals surface area contributed by atoms with Gasteiger partial charge in [-0.25, -0.2) is 0 Å². The number of hydrogen-bond donors (Lipinski definition) is 1. The van der Waals surface area contributed by atoms with Crippen LogP contribution >= 0.6 is 0 Å². The molecule has 1 aromatic heterocycles. The molecule has 0 aliphatic carbocycles. The minimum Gasteiger partial charge on any atom is -0.503 e. The summed E-state index contributed by atoms with van der Waals surface area (Å²) in [7, 11) is 0. The van der Waals surface area contributed by atoms with E-state index in [0.717, 1.165) is 18.7 Å². The van der Waals surface area contributed by atoms with Crippen molar-refractivity contribution in [3.8, 4) is 0 Å². The van der Waals surface area contributed by atoms with Crippen LogP contribution in [0.3, 0.4) is 0 Å². The average Bonchev–Trinajstić information content (AvgIpc) is 3.33. The number of benzene rings is 1. The molecule has 2 aliphatic rings. The molecule has 0 saturated carbocycles. The number of ketones is 1. The number of carbonyl (C=O) groups is 2. The van der Waals surface area contributed by atoms with E-state index in [1.165, 1.54) is 11.0 Å². The minimum absolute atomic E-state index is 0.0495. The van der Waals surface area contributed by atoms with Crippen molar-refractivity contribution in [2.45, 2.75) is 13.0 Å². The monoisotopic (exact) mass is 422 g/mol. The lowest BCUT2D eigenvalue weighted by Crippen LogP contribution is -2.43. The number of aliphatic hydroxyl groups is 1. The summed E-state index contributed by atoms with van der Waals surface area (Å²) in [5.41, 5.74) is 0.906. The van der Waals surface area contributed by atoms with Crippen LogP contribution in [0.2, 0.25) is 0 Å². The van der Waals surface area contributed by atoms with Crippen molar-refractivity contribution in [3.63, 3.8) is 0 Å². The fraction of sp³-hybridized carbons (Fsp3) is 0.333. The summed E-state index contributed by atoms with van der Waals surface area (Å²) in [6, 6.07) is 12.2. The summed E-state index contributed by atoms with van der Waals surface area (Å²) in [6.07, 6.45) is 3.07. The molecule has 0 spiro atoms. The number of morpholine rings is 1. The summed E-state index contributed by atoms with van der Waals surface area (Å²) in [5, 5.41) is 10.6. The third kappa shape index (κ3) is 4.62. The molecular weight excluding hydrogens is 396 g/mol. The zero-order valence-corrected chi connectivity index (χ0v) is 17.5. The fourth-order valence-electron chi connectivity index (χ4n) is 3.93. The molecule has 1 aromatic carbocycles. The van der Waals surface area contributed by atoms with Crippen LogP contribution in [-0.2, 0) is 14.3 Å². The summed E-state index contributed by atoms with van der Waals surface area (Å²) < 4.78 is 11.2. The molecule has 1 N–H and O–H groups in total. The van der Waals surface area contributed by atoms with Crippen molar-refractivity contribution in [2.75, 3.05) is 39.4 Å². The van der Waals surface area contributed by atoms with Crippen LogP contribution in [0.4, 0.5) is 0 Å². The smallest absolute Gasteiger partial charge is 0.290 e. The molecule has 1 saturated heterocycles. The van der Waals surface area contributed by atoms with Gasteiger partial charge in [-0.15, -0.1) is 0 Å². The van der Waals surface area contributed by atoms with Crippen LogP contribution in [0.25, 0.3) is 6.08 Å². The maximum absolute atomic E-state index is 13.1. The lowest BCUT2D eigenvalue weighted by Gasteiger charge is -2.30. The molecule has 3 heterocycles. The van der Waals surface area contributed by atoms with Gasteiger partial charge >= 0.3 is 0 Å². The molecule has 1 amide bonds. The number of hydrogen-bond acceptors (Lipinski definition) is 6. The zero-order chi connectivity index (χ0) is 21.8. The Hall–Kier alpha value is -3.16. The van der Waals surface area contributed by atoms with Crippen LogP contribution in [0.15, 0.2) is 64.3 Å². The van der Waals surface area contributed by atoms with Crippen molar-refractivity contribution in [2.24, 2.45) is 0 Å². The molecule has 2 aliphatic heterocycles. The minimum atomic E-state index is -0.754. The van der Waals surface area contributed by atoms with E-state index in [1.807, 2.05) is 30.3 Å². The van der Waals surface area contributed by atoms with Crippen LogP contribution in [0.5, 0.6) is 0 Å². The quantitative estimate of drug-likeness (QED) is 0.691. The molecule has 4 rings (SSSR count). The third-order valence-electron chi connectivity index (χ3n) is 5.59. The van der Waals surface area contributed by atoms with E-state index >= 15 is 0 Å². The second kappa shape index (κ2) is 9.32. The number of nitrogens with zero attached hydrogens (tertiary/aromatic N) is 2. The van der Waals surface area contributed by atoms with E-state index in [1.54, 1.807) is 25.1 Å². The predicted molar refractivity (Wildman–Crippen MR) is 115 cm³/mol. The number of aliphatic hydroxyl groups excluding tert-OH is 1. The highest BCUT2D eigenvalue weighted by molar-refractivity contribution is 6.14. The number of aryl methyl sites for hydroxylation is 1. The first-order valence-electron chi connectivity index (χ1n) is 10.4. The van der Waals surface area contributed by atoms with Crippen LogP contribution in [0.1, 0.15) is 23.1 Å². The molecule has 1 unspecified atom stereocenters. The number of furan rings is 1. The van der Waals surface area contributed by atoms with Gasteiger partial charge in [0, 0.05) is 26.2 Å².